The van der Waals surface area contributed by atoms with Crippen molar-refractivity contribution in [1.29, 1.82) is 0 Å². The van der Waals surface area contributed by atoms with Crippen molar-refractivity contribution < 1.29 is 28.7 Å². The van der Waals surface area contributed by atoms with Gasteiger partial charge in [-0.2, -0.15) is 0 Å². The summed E-state index contributed by atoms with van der Waals surface area (Å²) in [7, 11) is 1.53. The van der Waals surface area contributed by atoms with E-state index in [0.29, 0.717) is 22.4 Å². The van der Waals surface area contributed by atoms with Crippen LogP contribution in [0.15, 0.2) is 89.6 Å². The Balaban J connectivity index is 1.51. The third-order valence-electron chi connectivity index (χ3n) is 4.87. The summed E-state index contributed by atoms with van der Waals surface area (Å²) in [6.07, 6.45) is 4.15. The zero-order valence-corrected chi connectivity index (χ0v) is 18.4. The molecule has 0 N–H and O–H groups in total. The molecule has 0 amide bonds. The monoisotopic (exact) mass is 470 g/mol. The molecule has 1 aliphatic rings. The fraction of sp³-hybridized carbons (Fsp3) is 0.0385. The Morgan fingerprint density at radius 1 is 1.06 bits per heavy atom. The number of nitro benzene ring substituents is 1. The molecular formula is C26H18N2O7. The second-order valence-corrected chi connectivity index (χ2v) is 7.21. The van der Waals surface area contributed by atoms with Crippen LogP contribution in [-0.2, 0) is 14.3 Å². The molecule has 0 bridgehead atoms. The van der Waals surface area contributed by atoms with Crippen LogP contribution in [0.2, 0.25) is 0 Å². The van der Waals surface area contributed by atoms with Crippen LogP contribution in [0.3, 0.4) is 0 Å². The van der Waals surface area contributed by atoms with Crippen LogP contribution >= 0.6 is 0 Å². The first kappa shape index (κ1) is 23.1. The number of para-hydroxylation sites is 1. The molecule has 3 aromatic carbocycles. The molecule has 3 aromatic rings. The van der Waals surface area contributed by atoms with E-state index in [4.69, 9.17) is 14.2 Å². The largest absolute Gasteiger partial charge is 0.497 e. The molecule has 0 saturated heterocycles. The second-order valence-electron chi connectivity index (χ2n) is 7.21. The Labute approximate surface area is 199 Å². The van der Waals surface area contributed by atoms with Crippen molar-refractivity contribution in [2.45, 2.75) is 0 Å². The maximum atomic E-state index is 12.4. The Kier molecular flexibility index (Phi) is 6.78. The molecule has 0 saturated carbocycles. The zero-order valence-electron chi connectivity index (χ0n) is 18.4. The number of cyclic esters (lactones) is 1. The number of non-ortho nitro benzene ring substituents is 1. The summed E-state index contributed by atoms with van der Waals surface area (Å²) in [5.41, 5.74) is 1.63. The average Bonchev–Trinajstić information content (AvgIpc) is 3.24. The molecule has 1 aliphatic heterocycles. The van der Waals surface area contributed by atoms with E-state index in [1.165, 1.54) is 49.6 Å². The number of methoxy groups -OCH3 is 1. The molecule has 0 aliphatic carbocycles. The van der Waals surface area contributed by atoms with Crippen LogP contribution in [0.4, 0.5) is 5.69 Å². The number of ether oxygens (including phenoxy) is 3. The van der Waals surface area contributed by atoms with E-state index >= 15 is 0 Å². The Morgan fingerprint density at radius 2 is 1.83 bits per heavy atom. The number of benzene rings is 3. The molecular weight excluding hydrogens is 452 g/mol. The topological polar surface area (TPSA) is 117 Å². The summed E-state index contributed by atoms with van der Waals surface area (Å²) < 4.78 is 15.9. The minimum absolute atomic E-state index is 0.0469. The van der Waals surface area contributed by atoms with Crippen molar-refractivity contribution in [1.82, 2.24) is 0 Å². The number of hydrogen-bond donors (Lipinski definition) is 0. The highest BCUT2D eigenvalue weighted by Gasteiger charge is 2.25. The van der Waals surface area contributed by atoms with Crippen LogP contribution in [0.5, 0.6) is 11.5 Å². The van der Waals surface area contributed by atoms with Crippen molar-refractivity contribution >= 4 is 35.7 Å². The number of esters is 2. The predicted molar refractivity (Wildman–Crippen MR) is 128 cm³/mol. The number of carbonyl (C=O) groups is 2. The van der Waals surface area contributed by atoms with Gasteiger partial charge in [-0.05, 0) is 54.1 Å². The molecule has 0 unspecified atom stereocenters. The van der Waals surface area contributed by atoms with Crippen molar-refractivity contribution in [3.63, 3.8) is 0 Å². The molecule has 174 valence electrons. The second kappa shape index (κ2) is 10.3. The first-order valence-electron chi connectivity index (χ1n) is 10.3. The lowest BCUT2D eigenvalue weighted by Gasteiger charge is -2.05. The van der Waals surface area contributed by atoms with Gasteiger partial charge >= 0.3 is 11.9 Å². The first-order valence-corrected chi connectivity index (χ1v) is 10.3. The number of nitrogens with zero attached hydrogens (tertiary/aromatic N) is 2. The Bertz CT molecular complexity index is 1390. The van der Waals surface area contributed by atoms with Crippen LogP contribution in [-0.4, -0.2) is 29.9 Å². The Hall–Kier alpha value is -5.05. The van der Waals surface area contributed by atoms with Crippen LogP contribution in [0, 0.1) is 10.1 Å². The van der Waals surface area contributed by atoms with Crippen molar-refractivity contribution in [3.05, 3.63) is 111 Å². The molecule has 0 radical (unpaired) electrons. The predicted octanol–water partition coefficient (Wildman–Crippen LogP) is 4.57. The van der Waals surface area contributed by atoms with Crippen molar-refractivity contribution in [2.75, 3.05) is 7.11 Å². The number of rotatable bonds is 7. The molecule has 9 nitrogen and oxygen atoms in total. The number of nitro groups is 1. The van der Waals surface area contributed by atoms with Crippen LogP contribution < -0.4 is 9.47 Å². The van der Waals surface area contributed by atoms with Crippen molar-refractivity contribution in [2.24, 2.45) is 4.99 Å². The molecule has 0 fully saturated rings. The first-order chi connectivity index (χ1) is 16.9. The van der Waals surface area contributed by atoms with E-state index in [2.05, 4.69) is 4.99 Å². The zero-order chi connectivity index (χ0) is 24.8. The van der Waals surface area contributed by atoms with Crippen molar-refractivity contribution in [3.8, 4) is 11.5 Å². The van der Waals surface area contributed by atoms with Gasteiger partial charge in [0.05, 0.1) is 12.0 Å². The van der Waals surface area contributed by atoms with Gasteiger partial charge in [-0.3, -0.25) is 10.1 Å². The third-order valence-corrected chi connectivity index (χ3v) is 4.87. The minimum Gasteiger partial charge on any atom is -0.497 e. The maximum Gasteiger partial charge on any atom is 0.363 e. The van der Waals surface area contributed by atoms with E-state index in [9.17, 15) is 19.7 Å². The van der Waals surface area contributed by atoms with E-state index in [0.717, 1.165) is 0 Å². The highest BCUT2D eigenvalue weighted by Crippen LogP contribution is 2.26. The standard InChI is InChI=1S/C26H18N2O7/c1-33-21-7-4-6-19(15-21)25-27-22(26(30)35-25)16-18-5-2-3-8-23(18)34-24(29)14-11-17-9-12-20(13-10-17)28(31)32/h2-16H,1H3/b14-11+,22-16-. The van der Waals surface area contributed by atoms with Gasteiger partial charge in [0.15, 0.2) is 5.70 Å². The number of aliphatic imine (C=N–C) groups is 1. The van der Waals surface area contributed by atoms with Gasteiger partial charge in [-0.1, -0.05) is 24.3 Å². The average molecular weight is 470 g/mol. The van der Waals surface area contributed by atoms with Gasteiger partial charge in [0.25, 0.3) is 5.69 Å². The van der Waals surface area contributed by atoms with Gasteiger partial charge in [0.1, 0.15) is 11.5 Å². The van der Waals surface area contributed by atoms with Gasteiger partial charge in [-0.15, -0.1) is 0 Å². The van der Waals surface area contributed by atoms with Crippen LogP contribution in [0.25, 0.3) is 12.2 Å². The van der Waals surface area contributed by atoms with Gasteiger partial charge in [0, 0.05) is 29.3 Å². The van der Waals surface area contributed by atoms with Gasteiger partial charge in [0.2, 0.25) is 5.90 Å². The Morgan fingerprint density at radius 3 is 2.57 bits per heavy atom. The quantitative estimate of drug-likeness (QED) is 0.163. The summed E-state index contributed by atoms with van der Waals surface area (Å²) in [5.74, 6) is -0.347. The molecule has 9 heteroatoms. The van der Waals surface area contributed by atoms with Crippen LogP contribution in [0.1, 0.15) is 16.7 Å². The maximum absolute atomic E-state index is 12.4. The molecule has 1 heterocycles. The molecule has 0 spiro atoms. The fourth-order valence-corrected chi connectivity index (χ4v) is 3.14. The summed E-state index contributed by atoms with van der Waals surface area (Å²) in [6.45, 7) is 0. The lowest BCUT2D eigenvalue weighted by molar-refractivity contribution is -0.384. The molecule has 0 atom stereocenters. The fourth-order valence-electron chi connectivity index (χ4n) is 3.14. The molecule has 0 aromatic heterocycles. The highest BCUT2D eigenvalue weighted by molar-refractivity contribution is 6.13. The van der Waals surface area contributed by atoms with Gasteiger partial charge < -0.3 is 14.2 Å². The summed E-state index contributed by atoms with van der Waals surface area (Å²) in [5, 5.41) is 10.7. The lowest BCUT2D eigenvalue weighted by Crippen LogP contribution is -2.06. The van der Waals surface area contributed by atoms with E-state index in [1.807, 2.05) is 0 Å². The highest BCUT2D eigenvalue weighted by atomic mass is 16.6. The lowest BCUT2D eigenvalue weighted by atomic mass is 10.1. The SMILES string of the molecule is COc1cccc(C2=N/C(=C\c3ccccc3OC(=O)/C=C/c3ccc([N+](=O)[O-])cc3)C(=O)O2)c1. The van der Waals surface area contributed by atoms with E-state index < -0.39 is 16.9 Å². The summed E-state index contributed by atoms with van der Waals surface area (Å²) in [4.78, 5) is 39.2. The minimum atomic E-state index is -0.663. The normalized spacial score (nSPS) is 14.0. The van der Waals surface area contributed by atoms with E-state index in [-0.39, 0.29) is 23.0 Å². The molecule has 35 heavy (non-hydrogen) atoms. The number of hydrogen-bond acceptors (Lipinski definition) is 8. The number of carbonyl (C=O) groups excluding carboxylic acids is 2. The van der Waals surface area contributed by atoms with Gasteiger partial charge in [-0.25, -0.2) is 14.6 Å². The van der Waals surface area contributed by atoms with E-state index in [1.54, 1.807) is 48.5 Å². The third kappa shape index (κ3) is 5.66. The smallest absolute Gasteiger partial charge is 0.363 e. The summed E-state index contributed by atoms with van der Waals surface area (Å²) >= 11 is 0. The summed E-state index contributed by atoms with van der Waals surface area (Å²) in [6, 6.07) is 19.3. The molecule has 4 rings (SSSR count).